The molecule has 0 bridgehead atoms. The van der Waals surface area contributed by atoms with Crippen LogP contribution in [0.15, 0.2) is 12.1 Å². The molecule has 0 atom stereocenters. The number of nitro groups is 1. The van der Waals surface area contributed by atoms with Gasteiger partial charge in [-0.15, -0.1) is 0 Å². The van der Waals surface area contributed by atoms with Gasteiger partial charge in [-0.1, -0.05) is 0 Å². The molecule has 0 saturated heterocycles. The number of nitrogens with two attached hydrogens (primary N) is 1. The van der Waals surface area contributed by atoms with E-state index in [0.717, 1.165) is 13.2 Å². The van der Waals surface area contributed by atoms with Crippen molar-refractivity contribution in [1.82, 2.24) is 0 Å². The van der Waals surface area contributed by atoms with E-state index in [1.165, 1.54) is 0 Å². The molecule has 1 amide bonds. The van der Waals surface area contributed by atoms with E-state index in [-0.39, 0.29) is 18.8 Å². The highest BCUT2D eigenvalue weighted by molar-refractivity contribution is 5.91. The second-order valence-electron chi connectivity index (χ2n) is 3.69. The summed E-state index contributed by atoms with van der Waals surface area (Å²) in [6.07, 6.45) is -0.999. The lowest BCUT2D eigenvalue weighted by molar-refractivity contribution is -0.384. The van der Waals surface area contributed by atoms with Gasteiger partial charge in [0.15, 0.2) is 0 Å². The smallest absolute Gasteiger partial charge is 0.404 e. The Balaban J connectivity index is 3.00. The number of hydrogen-bond acceptors (Lipinski definition) is 7. The zero-order valence-electron chi connectivity index (χ0n) is 10.9. The fourth-order valence-electron chi connectivity index (χ4n) is 1.46. The quantitative estimate of drug-likeness (QED) is 0.347. The van der Waals surface area contributed by atoms with Crippen LogP contribution >= 0.6 is 0 Å². The second kappa shape index (κ2) is 7.03. The molecule has 0 heterocycles. The molecule has 0 spiro atoms. The first-order chi connectivity index (χ1) is 9.86. The Morgan fingerprint density at radius 1 is 1.48 bits per heavy atom. The third-order valence-electron chi connectivity index (χ3n) is 2.35. The number of methoxy groups -OCH3 is 1. The van der Waals surface area contributed by atoms with Crippen LogP contribution in [0.2, 0.25) is 0 Å². The number of esters is 1. The average Bonchev–Trinajstić information content (AvgIpc) is 2.43. The number of nitrogens with one attached hydrogen (secondary N) is 1. The van der Waals surface area contributed by atoms with Crippen LogP contribution in [0.4, 0.5) is 20.6 Å². The molecule has 114 valence electrons. The van der Waals surface area contributed by atoms with E-state index >= 15 is 0 Å². The zero-order valence-corrected chi connectivity index (χ0v) is 10.9. The first kappa shape index (κ1) is 16.1. The highest BCUT2D eigenvalue weighted by Gasteiger charge is 2.22. The Kier molecular flexibility index (Phi) is 5.40. The number of rotatable bonds is 6. The van der Waals surface area contributed by atoms with Crippen molar-refractivity contribution >= 4 is 23.4 Å². The van der Waals surface area contributed by atoms with Crippen LogP contribution in [0.5, 0.6) is 0 Å². The molecule has 9 nitrogen and oxygen atoms in total. The SMILES string of the molecule is COC(=O)c1cc(NCCOC(N)=O)c([N+](=O)[O-])cc1F. The number of ether oxygens (including phenoxy) is 2. The first-order valence-electron chi connectivity index (χ1n) is 5.59. The maximum Gasteiger partial charge on any atom is 0.404 e. The van der Waals surface area contributed by atoms with E-state index in [1.54, 1.807) is 0 Å². The highest BCUT2D eigenvalue weighted by Crippen LogP contribution is 2.28. The predicted molar refractivity (Wildman–Crippen MR) is 68.4 cm³/mol. The second-order valence-corrected chi connectivity index (χ2v) is 3.69. The van der Waals surface area contributed by atoms with Crippen LogP contribution in [0, 0.1) is 15.9 Å². The van der Waals surface area contributed by atoms with Crippen LogP contribution in [0.3, 0.4) is 0 Å². The van der Waals surface area contributed by atoms with Crippen molar-refractivity contribution in [2.24, 2.45) is 5.73 Å². The summed E-state index contributed by atoms with van der Waals surface area (Å²) < 4.78 is 22.4. The van der Waals surface area contributed by atoms with Gasteiger partial charge in [-0.05, 0) is 6.07 Å². The van der Waals surface area contributed by atoms with E-state index < -0.39 is 34.1 Å². The molecule has 21 heavy (non-hydrogen) atoms. The molecule has 3 N–H and O–H groups in total. The van der Waals surface area contributed by atoms with Gasteiger partial charge in [0.1, 0.15) is 18.1 Å². The molecular weight excluding hydrogens is 289 g/mol. The van der Waals surface area contributed by atoms with Crippen LogP contribution in [-0.4, -0.2) is 37.2 Å². The Morgan fingerprint density at radius 2 is 2.14 bits per heavy atom. The standard InChI is InChI=1S/C11H12FN3O6/c1-20-10(16)6-4-8(14-2-3-21-11(13)17)9(15(18)19)5-7(6)12/h4-5,14H,2-3H2,1H3,(H2,13,17). The fraction of sp³-hybridized carbons (Fsp3) is 0.273. The molecule has 10 heteroatoms. The van der Waals surface area contributed by atoms with Gasteiger partial charge >= 0.3 is 12.1 Å². The van der Waals surface area contributed by atoms with E-state index in [2.05, 4.69) is 14.8 Å². The highest BCUT2D eigenvalue weighted by atomic mass is 19.1. The molecule has 0 aliphatic carbocycles. The van der Waals surface area contributed by atoms with Gasteiger partial charge in [0.2, 0.25) is 0 Å². The fourth-order valence-corrected chi connectivity index (χ4v) is 1.46. The number of hydrogen-bond donors (Lipinski definition) is 2. The summed E-state index contributed by atoms with van der Waals surface area (Å²) in [5, 5.41) is 13.4. The third kappa shape index (κ3) is 4.30. The summed E-state index contributed by atoms with van der Waals surface area (Å²) >= 11 is 0. The lowest BCUT2D eigenvalue weighted by Gasteiger charge is -2.09. The number of carbonyl (C=O) groups is 2. The van der Waals surface area contributed by atoms with E-state index in [4.69, 9.17) is 5.73 Å². The molecule has 0 aromatic heterocycles. The number of anilines is 1. The normalized spacial score (nSPS) is 9.81. The number of benzene rings is 1. The van der Waals surface area contributed by atoms with Crippen molar-refractivity contribution < 1.29 is 28.4 Å². The Hall–Kier alpha value is -2.91. The van der Waals surface area contributed by atoms with Gasteiger partial charge in [0.05, 0.1) is 23.7 Å². The number of amides is 1. The number of carbonyl (C=O) groups excluding carboxylic acids is 2. The van der Waals surface area contributed by atoms with Crippen molar-refractivity contribution in [1.29, 1.82) is 0 Å². The van der Waals surface area contributed by atoms with E-state index in [1.807, 2.05) is 0 Å². The van der Waals surface area contributed by atoms with Crippen molar-refractivity contribution in [3.63, 3.8) is 0 Å². The summed E-state index contributed by atoms with van der Waals surface area (Å²) in [5.41, 5.74) is 3.60. The lowest BCUT2D eigenvalue weighted by Crippen LogP contribution is -2.19. The van der Waals surface area contributed by atoms with Gasteiger partial charge in [0, 0.05) is 6.54 Å². The van der Waals surface area contributed by atoms with Crippen molar-refractivity contribution in [3.05, 3.63) is 33.6 Å². The predicted octanol–water partition coefficient (Wildman–Crippen LogP) is 1.03. The summed E-state index contributed by atoms with van der Waals surface area (Å²) in [6.45, 7) is -0.173. The molecule has 0 aliphatic rings. The number of nitrogens with zero attached hydrogens (tertiary/aromatic N) is 1. The minimum absolute atomic E-state index is 0.0178. The molecule has 1 rings (SSSR count). The molecule has 0 saturated carbocycles. The summed E-state index contributed by atoms with van der Waals surface area (Å²) in [7, 11) is 1.05. The summed E-state index contributed by atoms with van der Waals surface area (Å²) in [6, 6.07) is 1.55. The molecule has 0 radical (unpaired) electrons. The molecular formula is C11H12FN3O6. The first-order valence-corrected chi connectivity index (χ1v) is 5.59. The van der Waals surface area contributed by atoms with Gasteiger partial charge < -0.3 is 20.5 Å². The maximum atomic E-state index is 13.6. The minimum Gasteiger partial charge on any atom is -0.465 e. The lowest BCUT2D eigenvalue weighted by atomic mass is 10.1. The Labute approximate surface area is 118 Å². The van der Waals surface area contributed by atoms with Gasteiger partial charge in [0.25, 0.3) is 5.69 Å². The van der Waals surface area contributed by atoms with E-state index in [0.29, 0.717) is 6.07 Å². The number of primary amides is 1. The van der Waals surface area contributed by atoms with Crippen molar-refractivity contribution in [2.45, 2.75) is 0 Å². The van der Waals surface area contributed by atoms with Crippen molar-refractivity contribution in [3.8, 4) is 0 Å². The molecule has 1 aromatic carbocycles. The molecule has 1 aromatic rings. The van der Waals surface area contributed by atoms with E-state index in [9.17, 15) is 24.1 Å². The molecule has 0 fully saturated rings. The van der Waals surface area contributed by atoms with Gasteiger partial charge in [-0.2, -0.15) is 0 Å². The minimum atomic E-state index is -1.08. The van der Waals surface area contributed by atoms with Crippen LogP contribution < -0.4 is 11.1 Å². The third-order valence-corrected chi connectivity index (χ3v) is 2.35. The van der Waals surface area contributed by atoms with Crippen molar-refractivity contribution in [2.75, 3.05) is 25.6 Å². The Bertz CT molecular complexity index is 577. The van der Waals surface area contributed by atoms with Crippen LogP contribution in [-0.2, 0) is 9.47 Å². The average molecular weight is 301 g/mol. The van der Waals surface area contributed by atoms with Crippen LogP contribution in [0.1, 0.15) is 10.4 Å². The monoisotopic (exact) mass is 301 g/mol. The molecule has 0 aliphatic heterocycles. The largest absolute Gasteiger partial charge is 0.465 e. The number of nitro benzene ring substituents is 1. The maximum absolute atomic E-state index is 13.6. The zero-order chi connectivity index (χ0) is 16.0. The van der Waals surface area contributed by atoms with Crippen LogP contribution in [0.25, 0.3) is 0 Å². The van der Waals surface area contributed by atoms with Gasteiger partial charge in [-0.25, -0.2) is 14.0 Å². The Morgan fingerprint density at radius 3 is 2.67 bits per heavy atom. The summed E-state index contributed by atoms with van der Waals surface area (Å²) in [4.78, 5) is 31.7. The molecule has 0 unspecified atom stereocenters. The number of halogens is 1. The van der Waals surface area contributed by atoms with Gasteiger partial charge in [-0.3, -0.25) is 10.1 Å². The summed E-state index contributed by atoms with van der Waals surface area (Å²) in [5.74, 6) is -2.05. The topological polar surface area (TPSA) is 134 Å².